The highest BCUT2D eigenvalue weighted by Crippen LogP contribution is 2.25. The molecule has 0 N–H and O–H groups in total. The topological polar surface area (TPSA) is 0 Å². The maximum Gasteiger partial charge on any atom is 0.0145 e. The van der Waals surface area contributed by atoms with Gasteiger partial charge in [0.15, 0.2) is 0 Å². The van der Waals surface area contributed by atoms with Gasteiger partial charge in [-0.3, -0.25) is 0 Å². The molecule has 1 aliphatic carbocycles. The molecule has 0 aromatic rings. The van der Waals surface area contributed by atoms with E-state index < -0.39 is 0 Å². The fourth-order valence-electron chi connectivity index (χ4n) is 1.41. The molecule has 60 valence electrons. The third kappa shape index (κ3) is 3.38. The van der Waals surface area contributed by atoms with Crippen molar-refractivity contribution in [2.45, 2.75) is 48.2 Å². The summed E-state index contributed by atoms with van der Waals surface area (Å²) in [4.78, 5) is 1.60. The first kappa shape index (κ1) is 9.05. The molecule has 10 heavy (non-hydrogen) atoms. The molecule has 1 aliphatic rings. The SMILES string of the molecule is BrC1CCCC(Br)CCC1. The van der Waals surface area contributed by atoms with Crippen LogP contribution in [0.25, 0.3) is 0 Å². The molecule has 1 rings (SSSR count). The lowest BCUT2D eigenvalue weighted by Crippen LogP contribution is -2.07. The van der Waals surface area contributed by atoms with E-state index in [1.54, 1.807) is 0 Å². The van der Waals surface area contributed by atoms with E-state index in [0.29, 0.717) is 0 Å². The lowest BCUT2D eigenvalue weighted by atomic mass is 10.0. The van der Waals surface area contributed by atoms with Crippen molar-refractivity contribution in [3.05, 3.63) is 0 Å². The molecule has 0 amide bonds. The Balaban J connectivity index is 2.21. The average molecular weight is 270 g/mol. The Morgan fingerprint density at radius 3 is 1.30 bits per heavy atom. The van der Waals surface area contributed by atoms with Crippen LogP contribution in [0, 0.1) is 0 Å². The van der Waals surface area contributed by atoms with Crippen LogP contribution in [0.3, 0.4) is 0 Å². The highest BCUT2D eigenvalue weighted by molar-refractivity contribution is 9.09. The van der Waals surface area contributed by atoms with E-state index in [4.69, 9.17) is 0 Å². The van der Waals surface area contributed by atoms with Gasteiger partial charge in [0.05, 0.1) is 0 Å². The van der Waals surface area contributed by atoms with Crippen LogP contribution in [0.1, 0.15) is 38.5 Å². The average Bonchev–Trinajstić information content (AvgIpc) is 1.84. The molecule has 0 unspecified atom stereocenters. The quantitative estimate of drug-likeness (QED) is 0.586. The fraction of sp³-hybridized carbons (Fsp3) is 1.00. The van der Waals surface area contributed by atoms with Gasteiger partial charge in [-0.25, -0.2) is 0 Å². The van der Waals surface area contributed by atoms with Crippen LogP contribution < -0.4 is 0 Å². The molecule has 0 saturated heterocycles. The molecule has 2 heteroatoms. The highest BCUT2D eigenvalue weighted by atomic mass is 79.9. The van der Waals surface area contributed by atoms with Crippen LogP contribution in [0.2, 0.25) is 0 Å². The molecule has 1 fully saturated rings. The van der Waals surface area contributed by atoms with Gasteiger partial charge < -0.3 is 0 Å². The van der Waals surface area contributed by atoms with Crippen molar-refractivity contribution in [2.75, 3.05) is 0 Å². The summed E-state index contributed by atoms with van der Waals surface area (Å²) < 4.78 is 0. The molecule has 0 spiro atoms. The predicted octanol–water partition coefficient (Wildman–Crippen LogP) is 3.87. The molecule has 0 heterocycles. The van der Waals surface area contributed by atoms with Gasteiger partial charge in [0.1, 0.15) is 0 Å². The van der Waals surface area contributed by atoms with Crippen molar-refractivity contribution in [3.8, 4) is 0 Å². The summed E-state index contributed by atoms with van der Waals surface area (Å²) in [6.45, 7) is 0. The monoisotopic (exact) mass is 268 g/mol. The van der Waals surface area contributed by atoms with E-state index >= 15 is 0 Å². The minimum absolute atomic E-state index is 0.799. The van der Waals surface area contributed by atoms with Gasteiger partial charge in [-0.1, -0.05) is 44.7 Å². The van der Waals surface area contributed by atoms with Gasteiger partial charge in [0.25, 0.3) is 0 Å². The van der Waals surface area contributed by atoms with E-state index in [2.05, 4.69) is 31.9 Å². The fourth-order valence-corrected chi connectivity index (χ4v) is 2.71. The van der Waals surface area contributed by atoms with Crippen molar-refractivity contribution in [1.29, 1.82) is 0 Å². The highest BCUT2D eigenvalue weighted by Gasteiger charge is 2.11. The zero-order valence-corrected chi connectivity index (χ0v) is 9.33. The van der Waals surface area contributed by atoms with Gasteiger partial charge in [-0.05, 0) is 25.7 Å². The van der Waals surface area contributed by atoms with Crippen LogP contribution in [0.15, 0.2) is 0 Å². The number of alkyl halides is 2. The Labute approximate surface area is 80.0 Å². The molecule has 1 saturated carbocycles. The Bertz CT molecular complexity index is 73.3. The maximum atomic E-state index is 3.68. The molecule has 0 nitrogen and oxygen atoms in total. The number of rotatable bonds is 0. The second kappa shape index (κ2) is 4.76. The number of halogens is 2. The zero-order valence-electron chi connectivity index (χ0n) is 6.15. The Kier molecular flexibility index (Phi) is 4.31. The van der Waals surface area contributed by atoms with Crippen molar-refractivity contribution < 1.29 is 0 Å². The normalized spacial score (nSPS) is 36.6. The molecule has 0 aromatic carbocycles. The Hall–Kier alpha value is 0.960. The summed E-state index contributed by atoms with van der Waals surface area (Å²) in [5.41, 5.74) is 0. The first-order valence-electron chi connectivity index (χ1n) is 4.07. The van der Waals surface area contributed by atoms with Crippen LogP contribution in [-0.4, -0.2) is 9.65 Å². The maximum absolute atomic E-state index is 3.68. The predicted molar refractivity (Wildman–Crippen MR) is 53.1 cm³/mol. The molecule has 0 radical (unpaired) electrons. The summed E-state index contributed by atoms with van der Waals surface area (Å²) in [7, 11) is 0. The molecule has 0 atom stereocenters. The lowest BCUT2D eigenvalue weighted by Gasteiger charge is -2.16. The van der Waals surface area contributed by atoms with Crippen LogP contribution >= 0.6 is 31.9 Å². The van der Waals surface area contributed by atoms with Crippen molar-refractivity contribution in [3.63, 3.8) is 0 Å². The van der Waals surface area contributed by atoms with Gasteiger partial charge in [0, 0.05) is 9.65 Å². The zero-order chi connectivity index (χ0) is 7.40. The van der Waals surface area contributed by atoms with Gasteiger partial charge in [-0.15, -0.1) is 0 Å². The van der Waals surface area contributed by atoms with E-state index in [0.717, 1.165) is 9.65 Å². The van der Waals surface area contributed by atoms with E-state index in [-0.39, 0.29) is 0 Å². The number of hydrogen-bond donors (Lipinski definition) is 0. The van der Waals surface area contributed by atoms with E-state index in [9.17, 15) is 0 Å². The summed E-state index contributed by atoms with van der Waals surface area (Å²) in [5, 5.41) is 0. The van der Waals surface area contributed by atoms with Gasteiger partial charge >= 0.3 is 0 Å². The number of hydrogen-bond acceptors (Lipinski definition) is 0. The third-order valence-electron chi connectivity index (χ3n) is 2.07. The van der Waals surface area contributed by atoms with Crippen LogP contribution in [-0.2, 0) is 0 Å². The van der Waals surface area contributed by atoms with E-state index in [1.807, 2.05) is 0 Å². The molecule has 0 aromatic heterocycles. The first-order valence-corrected chi connectivity index (χ1v) is 5.90. The minimum Gasteiger partial charge on any atom is -0.0891 e. The van der Waals surface area contributed by atoms with Crippen LogP contribution in [0.5, 0.6) is 0 Å². The standard InChI is InChI=1S/C8H14Br2/c9-7-3-1-4-8(10)6-2-5-7/h7-8H,1-6H2. The second-order valence-corrected chi connectivity index (χ2v) is 5.65. The third-order valence-corrected chi connectivity index (χ3v) is 3.90. The van der Waals surface area contributed by atoms with Crippen molar-refractivity contribution in [2.24, 2.45) is 0 Å². The van der Waals surface area contributed by atoms with Crippen molar-refractivity contribution in [1.82, 2.24) is 0 Å². The molecule has 0 bridgehead atoms. The molecular formula is C8H14Br2. The molecule has 0 aliphatic heterocycles. The van der Waals surface area contributed by atoms with Gasteiger partial charge in [0.2, 0.25) is 0 Å². The van der Waals surface area contributed by atoms with Crippen LogP contribution in [0.4, 0.5) is 0 Å². The summed E-state index contributed by atoms with van der Waals surface area (Å²) in [5.74, 6) is 0. The first-order chi connectivity index (χ1) is 4.79. The molecular weight excluding hydrogens is 256 g/mol. The summed E-state index contributed by atoms with van der Waals surface area (Å²) in [6.07, 6.45) is 8.21. The summed E-state index contributed by atoms with van der Waals surface area (Å²) in [6, 6.07) is 0. The van der Waals surface area contributed by atoms with Crippen molar-refractivity contribution >= 4 is 31.9 Å². The lowest BCUT2D eigenvalue weighted by molar-refractivity contribution is 0.530. The second-order valence-electron chi connectivity index (χ2n) is 3.06. The van der Waals surface area contributed by atoms with E-state index in [1.165, 1.54) is 38.5 Å². The Morgan fingerprint density at radius 1 is 0.700 bits per heavy atom. The largest absolute Gasteiger partial charge is 0.0891 e. The Morgan fingerprint density at radius 2 is 1.00 bits per heavy atom. The minimum atomic E-state index is 0.799. The van der Waals surface area contributed by atoms with Gasteiger partial charge in [-0.2, -0.15) is 0 Å². The smallest absolute Gasteiger partial charge is 0.0145 e. The summed E-state index contributed by atoms with van der Waals surface area (Å²) >= 11 is 7.36.